The highest BCUT2D eigenvalue weighted by atomic mass is 35.5. The summed E-state index contributed by atoms with van der Waals surface area (Å²) in [6.07, 6.45) is 0.725. The molecule has 140 valence electrons. The van der Waals surface area contributed by atoms with Crippen LogP contribution in [0.3, 0.4) is 0 Å². The van der Waals surface area contributed by atoms with Gasteiger partial charge in [-0.05, 0) is 24.1 Å². The fourth-order valence-corrected chi connectivity index (χ4v) is 3.84. The zero-order chi connectivity index (χ0) is 19.0. The third-order valence-corrected chi connectivity index (χ3v) is 5.14. The van der Waals surface area contributed by atoms with Gasteiger partial charge in [-0.1, -0.05) is 36.7 Å². The molecule has 27 heavy (non-hydrogen) atoms. The van der Waals surface area contributed by atoms with Crippen molar-refractivity contribution in [1.29, 1.82) is 0 Å². The smallest absolute Gasteiger partial charge is 0.336 e. The quantitative estimate of drug-likeness (QED) is 0.624. The summed E-state index contributed by atoms with van der Waals surface area (Å²) in [5.41, 5.74) is 3.00. The zero-order valence-corrected chi connectivity index (χ0v) is 16.0. The number of benzene rings is 2. The Morgan fingerprint density at radius 3 is 2.81 bits per heavy atom. The number of aryl methyl sites for hydroxylation is 1. The number of hydrogen-bond donors (Lipinski definition) is 0. The molecular weight excluding hydrogens is 366 g/mol. The van der Waals surface area contributed by atoms with Gasteiger partial charge in [-0.3, -0.25) is 4.90 Å². The summed E-state index contributed by atoms with van der Waals surface area (Å²) >= 11 is 6.46. The van der Waals surface area contributed by atoms with Crippen molar-refractivity contribution < 1.29 is 13.9 Å². The predicted molar refractivity (Wildman–Crippen MR) is 105 cm³/mol. The van der Waals surface area contributed by atoms with Crippen molar-refractivity contribution in [2.75, 3.05) is 13.8 Å². The number of ether oxygens (including phenoxy) is 2. The number of methoxy groups -OCH3 is 1. The van der Waals surface area contributed by atoms with E-state index in [9.17, 15) is 4.79 Å². The molecule has 1 aliphatic rings. The van der Waals surface area contributed by atoms with Crippen molar-refractivity contribution in [3.63, 3.8) is 0 Å². The first-order chi connectivity index (χ1) is 13.1. The summed E-state index contributed by atoms with van der Waals surface area (Å²) in [5.74, 6) is 1.43. The maximum Gasteiger partial charge on any atom is 0.336 e. The molecule has 5 nitrogen and oxygen atoms in total. The number of hydrogen-bond acceptors (Lipinski definition) is 5. The van der Waals surface area contributed by atoms with Crippen LogP contribution in [-0.2, 0) is 19.5 Å². The molecule has 0 saturated carbocycles. The zero-order valence-electron chi connectivity index (χ0n) is 15.3. The molecule has 0 spiro atoms. The minimum absolute atomic E-state index is 0.356. The van der Waals surface area contributed by atoms with Gasteiger partial charge in [0.25, 0.3) is 0 Å². The van der Waals surface area contributed by atoms with Gasteiger partial charge in [-0.2, -0.15) is 0 Å². The SMILES string of the molecule is CCc1cc(=O)oc2c3c(c(Cl)cc12)OCN(Cc1ccccc1OC)C3. The lowest BCUT2D eigenvalue weighted by Crippen LogP contribution is -2.32. The van der Waals surface area contributed by atoms with Crippen LogP contribution < -0.4 is 15.1 Å². The highest BCUT2D eigenvalue weighted by Crippen LogP contribution is 2.39. The molecule has 0 atom stereocenters. The van der Waals surface area contributed by atoms with Gasteiger partial charge in [0.15, 0.2) is 0 Å². The number of rotatable bonds is 4. The van der Waals surface area contributed by atoms with Crippen molar-refractivity contribution in [1.82, 2.24) is 4.90 Å². The van der Waals surface area contributed by atoms with Crippen LogP contribution in [0.4, 0.5) is 0 Å². The van der Waals surface area contributed by atoms with Crippen LogP contribution in [-0.4, -0.2) is 18.7 Å². The van der Waals surface area contributed by atoms with E-state index in [1.165, 1.54) is 6.07 Å². The highest BCUT2D eigenvalue weighted by molar-refractivity contribution is 6.33. The van der Waals surface area contributed by atoms with Crippen LogP contribution >= 0.6 is 11.6 Å². The maximum atomic E-state index is 12.0. The fourth-order valence-electron chi connectivity index (χ4n) is 3.57. The number of fused-ring (bicyclic) bond motifs is 3. The van der Waals surface area contributed by atoms with E-state index in [0.29, 0.717) is 36.2 Å². The molecule has 0 fully saturated rings. The van der Waals surface area contributed by atoms with Gasteiger partial charge in [0.05, 0.1) is 17.7 Å². The molecule has 2 heterocycles. The van der Waals surface area contributed by atoms with Crippen LogP contribution in [0.5, 0.6) is 11.5 Å². The molecule has 0 aliphatic carbocycles. The van der Waals surface area contributed by atoms with Gasteiger partial charge < -0.3 is 13.9 Å². The predicted octanol–water partition coefficient (Wildman–Crippen LogP) is 4.37. The third-order valence-electron chi connectivity index (χ3n) is 4.86. The van der Waals surface area contributed by atoms with Crippen molar-refractivity contribution in [2.45, 2.75) is 26.4 Å². The van der Waals surface area contributed by atoms with E-state index in [0.717, 1.165) is 34.2 Å². The number of para-hydroxylation sites is 1. The maximum absolute atomic E-state index is 12.0. The van der Waals surface area contributed by atoms with E-state index in [4.69, 9.17) is 25.5 Å². The molecule has 3 aromatic rings. The van der Waals surface area contributed by atoms with Gasteiger partial charge in [-0.25, -0.2) is 4.79 Å². The van der Waals surface area contributed by atoms with Crippen LogP contribution in [0.2, 0.25) is 5.02 Å². The Kier molecular flexibility index (Phi) is 4.81. The standard InChI is InChI=1S/C21H20ClNO4/c1-3-13-8-19(24)27-20-15(13)9-17(22)21-16(20)11-23(12-26-21)10-14-6-4-5-7-18(14)25-2/h4-9H,3,10-12H2,1-2H3. The lowest BCUT2D eigenvalue weighted by molar-refractivity contribution is 0.0883. The molecule has 4 rings (SSSR count). The van der Waals surface area contributed by atoms with Gasteiger partial charge in [0, 0.05) is 30.1 Å². The Bertz CT molecular complexity index is 1060. The first-order valence-electron chi connectivity index (χ1n) is 8.86. The van der Waals surface area contributed by atoms with Crippen LogP contribution in [0.1, 0.15) is 23.6 Å². The largest absolute Gasteiger partial charge is 0.496 e. The fraction of sp³-hybridized carbons (Fsp3) is 0.286. The van der Waals surface area contributed by atoms with Gasteiger partial charge in [0.1, 0.15) is 23.8 Å². The molecule has 6 heteroatoms. The Hall–Kier alpha value is -2.50. The highest BCUT2D eigenvalue weighted by Gasteiger charge is 2.25. The molecule has 0 radical (unpaired) electrons. The van der Waals surface area contributed by atoms with E-state index in [-0.39, 0.29) is 5.63 Å². The molecule has 1 aliphatic heterocycles. The van der Waals surface area contributed by atoms with E-state index in [2.05, 4.69) is 4.90 Å². The summed E-state index contributed by atoms with van der Waals surface area (Å²) in [4.78, 5) is 14.1. The van der Waals surface area contributed by atoms with E-state index in [1.807, 2.05) is 37.3 Å². The minimum atomic E-state index is -0.356. The minimum Gasteiger partial charge on any atom is -0.496 e. The van der Waals surface area contributed by atoms with E-state index < -0.39 is 0 Å². The van der Waals surface area contributed by atoms with Crippen LogP contribution in [0.15, 0.2) is 45.6 Å². The topological polar surface area (TPSA) is 51.9 Å². The molecule has 0 amide bonds. The molecule has 2 aromatic carbocycles. The summed E-state index contributed by atoms with van der Waals surface area (Å²) in [5, 5.41) is 1.40. The normalized spacial score (nSPS) is 14.0. The Labute approximate surface area is 162 Å². The summed E-state index contributed by atoms with van der Waals surface area (Å²) in [6.45, 7) is 3.62. The van der Waals surface area contributed by atoms with Gasteiger partial charge in [-0.15, -0.1) is 0 Å². The van der Waals surface area contributed by atoms with Crippen molar-refractivity contribution in [3.05, 3.63) is 68.5 Å². The summed E-state index contributed by atoms with van der Waals surface area (Å²) in [6, 6.07) is 11.2. The van der Waals surface area contributed by atoms with Gasteiger partial charge in [0.2, 0.25) is 0 Å². The molecule has 0 saturated heterocycles. The van der Waals surface area contributed by atoms with Crippen molar-refractivity contribution in [3.8, 4) is 11.5 Å². The second-order valence-corrected chi connectivity index (χ2v) is 6.97. The average molecular weight is 386 g/mol. The summed E-state index contributed by atoms with van der Waals surface area (Å²) in [7, 11) is 1.66. The Balaban J connectivity index is 1.76. The monoisotopic (exact) mass is 385 g/mol. The second kappa shape index (κ2) is 7.25. The van der Waals surface area contributed by atoms with E-state index >= 15 is 0 Å². The van der Waals surface area contributed by atoms with Crippen molar-refractivity contribution >= 4 is 22.6 Å². The molecule has 0 bridgehead atoms. The van der Waals surface area contributed by atoms with Crippen LogP contribution in [0.25, 0.3) is 11.0 Å². The van der Waals surface area contributed by atoms with Crippen molar-refractivity contribution in [2.24, 2.45) is 0 Å². The summed E-state index contributed by atoms with van der Waals surface area (Å²) < 4.78 is 16.9. The molecule has 0 unspecified atom stereocenters. The lowest BCUT2D eigenvalue weighted by atomic mass is 10.0. The Morgan fingerprint density at radius 2 is 2.04 bits per heavy atom. The lowest BCUT2D eigenvalue weighted by Gasteiger charge is -2.30. The van der Waals surface area contributed by atoms with Gasteiger partial charge >= 0.3 is 5.63 Å². The first-order valence-corrected chi connectivity index (χ1v) is 9.23. The third kappa shape index (κ3) is 3.29. The number of halogens is 1. The average Bonchev–Trinajstić information content (AvgIpc) is 2.68. The number of nitrogens with zero attached hydrogens (tertiary/aromatic N) is 1. The molecular formula is C21H20ClNO4. The van der Waals surface area contributed by atoms with E-state index in [1.54, 1.807) is 7.11 Å². The Morgan fingerprint density at radius 1 is 1.22 bits per heavy atom. The second-order valence-electron chi connectivity index (χ2n) is 6.56. The first kappa shape index (κ1) is 17.9. The molecule has 1 aromatic heterocycles. The molecule has 0 N–H and O–H groups in total. The van der Waals surface area contributed by atoms with Crippen LogP contribution in [0, 0.1) is 0 Å².